The molecule has 0 bridgehead atoms. The predicted octanol–water partition coefficient (Wildman–Crippen LogP) is 3.71. The molecule has 2 N–H and O–H groups in total. The fourth-order valence-electron chi connectivity index (χ4n) is 3.94. The molecule has 4 aromatic rings. The van der Waals surface area contributed by atoms with Crippen molar-refractivity contribution in [2.24, 2.45) is 0 Å². The Morgan fingerprint density at radius 2 is 1.82 bits per heavy atom. The van der Waals surface area contributed by atoms with E-state index in [2.05, 4.69) is 45.6 Å². The molecule has 9 heteroatoms. The van der Waals surface area contributed by atoms with Crippen LogP contribution < -0.4 is 15.5 Å². The van der Waals surface area contributed by atoms with E-state index in [1.165, 1.54) is 12.8 Å². The summed E-state index contributed by atoms with van der Waals surface area (Å²) in [5, 5.41) is 6.74. The van der Waals surface area contributed by atoms with Crippen molar-refractivity contribution in [1.82, 2.24) is 29.2 Å². The van der Waals surface area contributed by atoms with Gasteiger partial charge in [0.2, 0.25) is 5.95 Å². The standard InChI is InChI=1S/C24H29N9/c1-31(2)13-8-18-6-5-7-20(26-18)28-24-29-21(17-23(30-24)32-11-3-4-12-32)27-19-9-14-33-15-10-25-22(33)16-19/h5-7,9-10,14-17H,3-4,8,11-13H2,1-2H3,(H2,26,27,28,29,30). The molecule has 5 rings (SSSR count). The Bertz CT molecular complexity index is 1230. The molecule has 170 valence electrons. The Hall–Kier alpha value is -3.72. The fourth-order valence-corrected chi connectivity index (χ4v) is 3.94. The molecule has 0 unspecified atom stereocenters. The topological polar surface area (TPSA) is 86.5 Å². The van der Waals surface area contributed by atoms with Gasteiger partial charge in [-0.3, -0.25) is 0 Å². The van der Waals surface area contributed by atoms with Crippen molar-refractivity contribution in [2.45, 2.75) is 19.3 Å². The first-order valence-electron chi connectivity index (χ1n) is 11.3. The van der Waals surface area contributed by atoms with Crippen LogP contribution in [0.3, 0.4) is 0 Å². The summed E-state index contributed by atoms with van der Waals surface area (Å²) in [6.45, 7) is 2.97. The van der Waals surface area contributed by atoms with Gasteiger partial charge in [0.15, 0.2) is 0 Å². The van der Waals surface area contributed by atoms with Gasteiger partial charge in [-0.15, -0.1) is 0 Å². The van der Waals surface area contributed by atoms with E-state index in [-0.39, 0.29) is 0 Å². The number of rotatable bonds is 8. The third-order valence-corrected chi connectivity index (χ3v) is 5.67. The van der Waals surface area contributed by atoms with Crippen LogP contribution in [-0.2, 0) is 6.42 Å². The number of aromatic nitrogens is 5. The van der Waals surface area contributed by atoms with Crippen molar-refractivity contribution in [1.29, 1.82) is 0 Å². The highest BCUT2D eigenvalue weighted by Gasteiger charge is 2.16. The lowest BCUT2D eigenvalue weighted by atomic mass is 10.2. The van der Waals surface area contributed by atoms with Gasteiger partial charge < -0.3 is 24.8 Å². The normalized spacial score (nSPS) is 13.7. The fraction of sp³-hybridized carbons (Fsp3) is 0.333. The summed E-state index contributed by atoms with van der Waals surface area (Å²) in [4.78, 5) is 23.1. The van der Waals surface area contributed by atoms with Crippen molar-refractivity contribution in [3.63, 3.8) is 0 Å². The molecule has 1 aliphatic rings. The molecule has 0 amide bonds. The second kappa shape index (κ2) is 9.41. The Morgan fingerprint density at radius 3 is 2.67 bits per heavy atom. The number of fused-ring (bicyclic) bond motifs is 1. The van der Waals surface area contributed by atoms with Gasteiger partial charge in [-0.05, 0) is 45.1 Å². The SMILES string of the molecule is CN(C)CCc1cccc(Nc2nc(Nc3ccn4ccnc4c3)cc(N3CCCC3)n2)n1. The minimum Gasteiger partial charge on any atom is -0.356 e. The smallest absolute Gasteiger partial charge is 0.232 e. The average Bonchev–Trinajstić information content (AvgIpc) is 3.50. The summed E-state index contributed by atoms with van der Waals surface area (Å²) >= 11 is 0. The first-order chi connectivity index (χ1) is 16.1. The van der Waals surface area contributed by atoms with E-state index < -0.39 is 0 Å². The molecule has 0 aromatic carbocycles. The van der Waals surface area contributed by atoms with Crippen LogP contribution in [0.1, 0.15) is 18.5 Å². The first-order valence-corrected chi connectivity index (χ1v) is 11.3. The van der Waals surface area contributed by atoms with Crippen LogP contribution in [0.5, 0.6) is 0 Å². The van der Waals surface area contributed by atoms with Gasteiger partial charge in [0.05, 0.1) is 0 Å². The largest absolute Gasteiger partial charge is 0.356 e. The molecule has 0 radical (unpaired) electrons. The van der Waals surface area contributed by atoms with E-state index in [4.69, 9.17) is 15.0 Å². The average molecular weight is 444 g/mol. The van der Waals surface area contributed by atoms with E-state index >= 15 is 0 Å². The number of anilines is 5. The van der Waals surface area contributed by atoms with Gasteiger partial charge in [0.25, 0.3) is 0 Å². The molecule has 5 heterocycles. The van der Waals surface area contributed by atoms with E-state index in [1.54, 1.807) is 6.20 Å². The molecule has 9 nitrogen and oxygen atoms in total. The molecule has 0 saturated carbocycles. The summed E-state index contributed by atoms with van der Waals surface area (Å²) in [6, 6.07) is 12.0. The Balaban J connectivity index is 1.41. The van der Waals surface area contributed by atoms with E-state index in [1.807, 2.05) is 47.1 Å². The van der Waals surface area contributed by atoms with Crippen molar-refractivity contribution < 1.29 is 0 Å². The van der Waals surface area contributed by atoms with Gasteiger partial charge in [-0.1, -0.05) is 6.07 Å². The zero-order valence-corrected chi connectivity index (χ0v) is 19.1. The number of likely N-dealkylation sites (N-methyl/N-ethyl adjacent to an activating group) is 1. The van der Waals surface area contributed by atoms with Crippen molar-refractivity contribution in [3.05, 3.63) is 60.7 Å². The van der Waals surface area contributed by atoms with Crippen LogP contribution in [-0.4, -0.2) is 63.0 Å². The molecular weight excluding hydrogens is 414 g/mol. The third kappa shape index (κ3) is 5.20. The van der Waals surface area contributed by atoms with Crippen LogP contribution in [0, 0.1) is 0 Å². The van der Waals surface area contributed by atoms with E-state index in [9.17, 15) is 0 Å². The van der Waals surface area contributed by atoms with Gasteiger partial charge >= 0.3 is 0 Å². The minimum absolute atomic E-state index is 0.529. The summed E-state index contributed by atoms with van der Waals surface area (Å²) in [5.41, 5.74) is 2.84. The number of nitrogens with one attached hydrogen (secondary N) is 2. The highest BCUT2D eigenvalue weighted by Crippen LogP contribution is 2.26. The Morgan fingerprint density at radius 1 is 0.939 bits per heavy atom. The monoisotopic (exact) mass is 443 g/mol. The Kier molecular flexibility index (Phi) is 6.03. The second-order valence-corrected chi connectivity index (χ2v) is 8.55. The van der Waals surface area contributed by atoms with Crippen LogP contribution in [0.4, 0.5) is 29.1 Å². The lowest BCUT2D eigenvalue weighted by molar-refractivity contribution is 0.412. The summed E-state index contributed by atoms with van der Waals surface area (Å²) in [7, 11) is 4.14. The maximum Gasteiger partial charge on any atom is 0.232 e. The van der Waals surface area contributed by atoms with Crippen LogP contribution in [0.2, 0.25) is 0 Å². The van der Waals surface area contributed by atoms with Crippen molar-refractivity contribution in [3.8, 4) is 0 Å². The molecule has 33 heavy (non-hydrogen) atoms. The molecule has 0 spiro atoms. The lowest BCUT2D eigenvalue weighted by Gasteiger charge is -2.19. The summed E-state index contributed by atoms with van der Waals surface area (Å²) in [5.74, 6) is 2.92. The lowest BCUT2D eigenvalue weighted by Crippen LogP contribution is -2.20. The highest BCUT2D eigenvalue weighted by atomic mass is 15.3. The zero-order valence-electron chi connectivity index (χ0n) is 19.1. The van der Waals surface area contributed by atoms with Gasteiger partial charge in [0.1, 0.15) is 23.1 Å². The summed E-state index contributed by atoms with van der Waals surface area (Å²) < 4.78 is 1.97. The molecule has 0 atom stereocenters. The third-order valence-electron chi connectivity index (χ3n) is 5.67. The number of pyridine rings is 2. The molecule has 1 fully saturated rings. The number of imidazole rings is 1. The number of nitrogens with zero attached hydrogens (tertiary/aromatic N) is 7. The zero-order chi connectivity index (χ0) is 22.6. The van der Waals surface area contributed by atoms with Crippen LogP contribution in [0.15, 0.2) is 55.0 Å². The van der Waals surface area contributed by atoms with E-state index in [0.717, 1.165) is 60.5 Å². The van der Waals surface area contributed by atoms with Crippen LogP contribution >= 0.6 is 0 Å². The minimum atomic E-state index is 0.529. The molecular formula is C24H29N9. The van der Waals surface area contributed by atoms with Gasteiger partial charge in [-0.25, -0.2) is 9.97 Å². The maximum absolute atomic E-state index is 4.80. The maximum atomic E-state index is 4.80. The molecule has 4 aromatic heterocycles. The van der Waals surface area contributed by atoms with E-state index in [0.29, 0.717) is 5.95 Å². The van der Waals surface area contributed by atoms with Crippen LogP contribution in [0.25, 0.3) is 5.65 Å². The number of hydrogen-bond acceptors (Lipinski definition) is 8. The van der Waals surface area contributed by atoms with Gasteiger partial charge in [0, 0.05) is 68.2 Å². The predicted molar refractivity (Wildman–Crippen MR) is 132 cm³/mol. The molecule has 0 aliphatic carbocycles. The summed E-state index contributed by atoms with van der Waals surface area (Å²) in [6.07, 6.45) is 8.95. The van der Waals surface area contributed by atoms with Gasteiger partial charge in [-0.2, -0.15) is 9.97 Å². The quantitative estimate of drug-likeness (QED) is 0.426. The molecule has 1 aliphatic heterocycles. The highest BCUT2D eigenvalue weighted by molar-refractivity contribution is 5.65. The second-order valence-electron chi connectivity index (χ2n) is 8.55. The Labute approximate surface area is 193 Å². The van der Waals surface area contributed by atoms with Crippen molar-refractivity contribution in [2.75, 3.05) is 49.3 Å². The van der Waals surface area contributed by atoms with Crippen molar-refractivity contribution >= 4 is 34.7 Å². The number of hydrogen-bond donors (Lipinski definition) is 2. The molecule has 1 saturated heterocycles. The first kappa shape index (κ1) is 21.1.